The molecular weight excluding hydrogens is 376 g/mol. The standard InChI is InChI=1S/C21H18N2O6/c1-13(24)29-16-8-5-14(6-9-16)20(25)22-15-7-10-18(27-2)17(12-15)23-21(26)19-4-3-11-28-19/h3-12H,1-2H3,(H,22,25)(H,23,26). The summed E-state index contributed by atoms with van der Waals surface area (Å²) in [5.74, 6) is -0.334. The summed E-state index contributed by atoms with van der Waals surface area (Å²) in [4.78, 5) is 35.7. The molecule has 0 bridgehead atoms. The van der Waals surface area contributed by atoms with Gasteiger partial charge in [-0.15, -0.1) is 0 Å². The Morgan fingerprint density at radius 2 is 1.69 bits per heavy atom. The number of benzene rings is 2. The monoisotopic (exact) mass is 394 g/mol. The number of hydrogen-bond acceptors (Lipinski definition) is 6. The van der Waals surface area contributed by atoms with E-state index in [1.165, 1.54) is 50.6 Å². The van der Waals surface area contributed by atoms with Crippen LogP contribution in [0.4, 0.5) is 11.4 Å². The van der Waals surface area contributed by atoms with Crippen molar-refractivity contribution in [2.24, 2.45) is 0 Å². The van der Waals surface area contributed by atoms with Gasteiger partial charge in [0.2, 0.25) is 0 Å². The van der Waals surface area contributed by atoms with Gasteiger partial charge in [-0.05, 0) is 54.6 Å². The van der Waals surface area contributed by atoms with E-state index in [4.69, 9.17) is 13.9 Å². The maximum Gasteiger partial charge on any atom is 0.308 e. The lowest BCUT2D eigenvalue weighted by Gasteiger charge is -2.12. The number of methoxy groups -OCH3 is 1. The summed E-state index contributed by atoms with van der Waals surface area (Å²) in [6.07, 6.45) is 1.40. The van der Waals surface area contributed by atoms with E-state index >= 15 is 0 Å². The second-order valence-electron chi connectivity index (χ2n) is 5.92. The number of carbonyl (C=O) groups excluding carboxylic acids is 3. The summed E-state index contributed by atoms with van der Waals surface area (Å²) in [5.41, 5.74) is 1.20. The highest BCUT2D eigenvalue weighted by atomic mass is 16.5. The third-order valence-electron chi connectivity index (χ3n) is 3.83. The molecule has 0 radical (unpaired) electrons. The van der Waals surface area contributed by atoms with Gasteiger partial charge in [0.05, 0.1) is 19.1 Å². The maximum absolute atomic E-state index is 12.5. The molecule has 3 rings (SSSR count). The molecule has 8 heteroatoms. The van der Waals surface area contributed by atoms with Crippen molar-refractivity contribution in [3.8, 4) is 11.5 Å². The molecule has 2 N–H and O–H groups in total. The number of furan rings is 1. The van der Waals surface area contributed by atoms with Crippen LogP contribution in [0.3, 0.4) is 0 Å². The maximum atomic E-state index is 12.5. The molecule has 148 valence electrons. The first-order chi connectivity index (χ1) is 14.0. The van der Waals surface area contributed by atoms with Crippen molar-refractivity contribution in [1.82, 2.24) is 0 Å². The summed E-state index contributed by atoms with van der Waals surface area (Å²) in [6, 6.07) is 14.1. The van der Waals surface area contributed by atoms with Gasteiger partial charge < -0.3 is 24.5 Å². The molecule has 0 saturated heterocycles. The lowest BCUT2D eigenvalue weighted by molar-refractivity contribution is -0.131. The Bertz CT molecular complexity index is 1030. The molecule has 0 fully saturated rings. The Morgan fingerprint density at radius 1 is 0.931 bits per heavy atom. The minimum atomic E-state index is -0.446. The predicted molar refractivity (Wildman–Crippen MR) is 105 cm³/mol. The van der Waals surface area contributed by atoms with Crippen molar-refractivity contribution in [3.63, 3.8) is 0 Å². The number of carbonyl (C=O) groups is 3. The fraction of sp³-hybridized carbons (Fsp3) is 0.0952. The van der Waals surface area contributed by atoms with Crippen LogP contribution in [0.2, 0.25) is 0 Å². The largest absolute Gasteiger partial charge is 0.495 e. The molecule has 0 unspecified atom stereocenters. The molecule has 0 aliphatic rings. The average Bonchev–Trinajstić information content (AvgIpc) is 3.23. The normalized spacial score (nSPS) is 10.1. The van der Waals surface area contributed by atoms with Crippen molar-refractivity contribution >= 4 is 29.2 Å². The van der Waals surface area contributed by atoms with Crippen LogP contribution in [0, 0.1) is 0 Å². The quantitative estimate of drug-likeness (QED) is 0.487. The number of rotatable bonds is 6. The molecule has 0 aliphatic heterocycles. The highest BCUT2D eigenvalue weighted by Gasteiger charge is 2.14. The van der Waals surface area contributed by atoms with E-state index in [-0.39, 0.29) is 11.7 Å². The van der Waals surface area contributed by atoms with E-state index in [9.17, 15) is 14.4 Å². The summed E-state index contributed by atoms with van der Waals surface area (Å²) in [6.45, 7) is 1.30. The number of nitrogens with one attached hydrogen (secondary N) is 2. The first-order valence-corrected chi connectivity index (χ1v) is 8.59. The van der Waals surface area contributed by atoms with Gasteiger partial charge in [0.25, 0.3) is 11.8 Å². The molecule has 0 atom stereocenters. The molecular formula is C21H18N2O6. The summed E-state index contributed by atoms with van der Waals surface area (Å²) < 4.78 is 15.3. The third-order valence-corrected chi connectivity index (χ3v) is 3.83. The first-order valence-electron chi connectivity index (χ1n) is 8.59. The molecule has 29 heavy (non-hydrogen) atoms. The van der Waals surface area contributed by atoms with E-state index in [0.29, 0.717) is 28.4 Å². The Labute approximate surface area is 166 Å². The van der Waals surface area contributed by atoms with E-state index < -0.39 is 11.9 Å². The smallest absolute Gasteiger partial charge is 0.308 e. The average molecular weight is 394 g/mol. The fourth-order valence-corrected chi connectivity index (χ4v) is 2.52. The Hall–Kier alpha value is -4.07. The summed E-state index contributed by atoms with van der Waals surface area (Å²) in [5, 5.41) is 5.43. The number of anilines is 2. The highest BCUT2D eigenvalue weighted by Crippen LogP contribution is 2.28. The molecule has 0 aliphatic carbocycles. The van der Waals surface area contributed by atoms with Gasteiger partial charge in [0, 0.05) is 18.2 Å². The van der Waals surface area contributed by atoms with Crippen LogP contribution in [-0.2, 0) is 4.79 Å². The molecule has 2 aromatic carbocycles. The second kappa shape index (κ2) is 8.75. The van der Waals surface area contributed by atoms with Crippen LogP contribution in [-0.4, -0.2) is 24.9 Å². The Morgan fingerprint density at radius 3 is 2.31 bits per heavy atom. The molecule has 1 aromatic heterocycles. The van der Waals surface area contributed by atoms with Gasteiger partial charge in [-0.25, -0.2) is 0 Å². The van der Waals surface area contributed by atoms with E-state index in [2.05, 4.69) is 10.6 Å². The van der Waals surface area contributed by atoms with Gasteiger partial charge in [0.1, 0.15) is 11.5 Å². The molecule has 8 nitrogen and oxygen atoms in total. The van der Waals surface area contributed by atoms with Crippen molar-refractivity contribution in [1.29, 1.82) is 0 Å². The van der Waals surface area contributed by atoms with Crippen LogP contribution < -0.4 is 20.1 Å². The van der Waals surface area contributed by atoms with E-state index in [1.807, 2.05) is 0 Å². The summed E-state index contributed by atoms with van der Waals surface area (Å²) in [7, 11) is 1.47. The van der Waals surface area contributed by atoms with Crippen LogP contribution >= 0.6 is 0 Å². The number of amides is 2. The molecule has 3 aromatic rings. The van der Waals surface area contributed by atoms with E-state index in [1.54, 1.807) is 24.3 Å². The van der Waals surface area contributed by atoms with Crippen molar-refractivity contribution in [3.05, 3.63) is 72.2 Å². The van der Waals surface area contributed by atoms with Gasteiger partial charge >= 0.3 is 5.97 Å². The Balaban J connectivity index is 1.74. The minimum Gasteiger partial charge on any atom is -0.495 e. The molecule has 1 heterocycles. The van der Waals surface area contributed by atoms with Crippen LogP contribution in [0.1, 0.15) is 27.8 Å². The molecule has 0 spiro atoms. The fourth-order valence-electron chi connectivity index (χ4n) is 2.52. The zero-order chi connectivity index (χ0) is 20.8. The van der Waals surface area contributed by atoms with Gasteiger partial charge in [-0.1, -0.05) is 0 Å². The van der Waals surface area contributed by atoms with Crippen molar-refractivity contribution in [2.45, 2.75) is 6.92 Å². The number of esters is 1. The predicted octanol–water partition coefficient (Wildman–Crippen LogP) is 3.72. The van der Waals surface area contributed by atoms with Gasteiger partial charge in [-0.2, -0.15) is 0 Å². The molecule has 0 saturated carbocycles. The number of hydrogen-bond donors (Lipinski definition) is 2. The minimum absolute atomic E-state index is 0.148. The SMILES string of the molecule is COc1ccc(NC(=O)c2ccc(OC(C)=O)cc2)cc1NC(=O)c1ccco1. The van der Waals surface area contributed by atoms with Crippen LogP contribution in [0.15, 0.2) is 65.3 Å². The van der Waals surface area contributed by atoms with Gasteiger partial charge in [0.15, 0.2) is 5.76 Å². The first kappa shape index (κ1) is 19.7. The number of ether oxygens (including phenoxy) is 2. The van der Waals surface area contributed by atoms with Crippen LogP contribution in [0.5, 0.6) is 11.5 Å². The Kier molecular flexibility index (Phi) is 5.94. The third kappa shape index (κ3) is 5.01. The topological polar surface area (TPSA) is 107 Å². The highest BCUT2D eigenvalue weighted by molar-refractivity contribution is 6.06. The van der Waals surface area contributed by atoms with Crippen molar-refractivity contribution in [2.75, 3.05) is 17.7 Å². The lowest BCUT2D eigenvalue weighted by atomic mass is 10.2. The van der Waals surface area contributed by atoms with E-state index in [0.717, 1.165) is 0 Å². The van der Waals surface area contributed by atoms with Gasteiger partial charge in [-0.3, -0.25) is 14.4 Å². The zero-order valence-corrected chi connectivity index (χ0v) is 15.7. The summed E-state index contributed by atoms with van der Waals surface area (Å²) >= 11 is 0. The van der Waals surface area contributed by atoms with Crippen molar-refractivity contribution < 1.29 is 28.3 Å². The molecule has 2 amide bonds. The zero-order valence-electron chi connectivity index (χ0n) is 15.7. The second-order valence-corrected chi connectivity index (χ2v) is 5.92. The lowest BCUT2D eigenvalue weighted by Crippen LogP contribution is -2.14. The van der Waals surface area contributed by atoms with Crippen LogP contribution in [0.25, 0.3) is 0 Å².